The summed E-state index contributed by atoms with van der Waals surface area (Å²) < 4.78 is 10.8. The van der Waals surface area contributed by atoms with Crippen LogP contribution in [0.25, 0.3) is 22.3 Å². The van der Waals surface area contributed by atoms with Gasteiger partial charge in [-0.3, -0.25) is 9.69 Å². The SMILES string of the molecule is COc1ccc(C(=O)Nc2ccc(-c3noc([C@@H]4CCCN4Cc4c[nH]c5ccccc45)n3)cn2)cc1. The van der Waals surface area contributed by atoms with E-state index in [1.165, 1.54) is 10.9 Å². The van der Waals surface area contributed by atoms with Gasteiger partial charge in [0.05, 0.1) is 13.2 Å². The van der Waals surface area contributed by atoms with Gasteiger partial charge in [-0.1, -0.05) is 23.4 Å². The van der Waals surface area contributed by atoms with Crippen LogP contribution < -0.4 is 10.1 Å². The van der Waals surface area contributed by atoms with Crippen LogP contribution in [0, 0.1) is 0 Å². The first-order valence-corrected chi connectivity index (χ1v) is 12.2. The Morgan fingerprint density at radius 1 is 1.16 bits per heavy atom. The monoisotopic (exact) mass is 494 g/mol. The fraction of sp³-hybridized carbons (Fsp3) is 0.214. The summed E-state index contributed by atoms with van der Waals surface area (Å²) in [6, 6.07) is 18.9. The number of carbonyl (C=O) groups excluding carboxylic acids is 1. The largest absolute Gasteiger partial charge is 0.497 e. The highest BCUT2D eigenvalue weighted by atomic mass is 16.5. The van der Waals surface area contributed by atoms with Crippen LogP contribution in [0.1, 0.15) is 40.7 Å². The van der Waals surface area contributed by atoms with Crippen LogP contribution in [-0.4, -0.2) is 44.6 Å². The number of fused-ring (bicyclic) bond motifs is 1. The molecule has 9 heteroatoms. The fourth-order valence-corrected chi connectivity index (χ4v) is 4.80. The molecule has 0 bridgehead atoms. The molecule has 2 aromatic carbocycles. The minimum atomic E-state index is -0.249. The van der Waals surface area contributed by atoms with Gasteiger partial charge in [-0.15, -0.1) is 0 Å². The van der Waals surface area contributed by atoms with Crippen molar-refractivity contribution in [3.63, 3.8) is 0 Å². The molecule has 186 valence electrons. The third-order valence-corrected chi connectivity index (χ3v) is 6.75. The molecule has 0 saturated carbocycles. The summed E-state index contributed by atoms with van der Waals surface area (Å²) in [4.78, 5) is 27.3. The first-order chi connectivity index (χ1) is 18.2. The number of carbonyl (C=O) groups is 1. The fourth-order valence-electron chi connectivity index (χ4n) is 4.80. The van der Waals surface area contributed by atoms with Crippen LogP contribution in [0.4, 0.5) is 5.82 Å². The van der Waals surface area contributed by atoms with Gasteiger partial charge in [0.15, 0.2) is 0 Å². The lowest BCUT2D eigenvalue weighted by Gasteiger charge is -2.21. The summed E-state index contributed by atoms with van der Waals surface area (Å²) in [6.45, 7) is 1.79. The predicted octanol–water partition coefficient (Wildman–Crippen LogP) is 5.21. The van der Waals surface area contributed by atoms with E-state index < -0.39 is 0 Å². The van der Waals surface area contributed by atoms with E-state index in [1.807, 2.05) is 12.1 Å². The molecule has 0 unspecified atom stereocenters. The second kappa shape index (κ2) is 9.87. The summed E-state index contributed by atoms with van der Waals surface area (Å²) in [6.07, 6.45) is 5.77. The van der Waals surface area contributed by atoms with E-state index >= 15 is 0 Å². The number of benzene rings is 2. The Labute approximate surface area is 213 Å². The van der Waals surface area contributed by atoms with Crippen molar-refractivity contribution >= 4 is 22.6 Å². The number of amides is 1. The maximum Gasteiger partial charge on any atom is 0.256 e. The summed E-state index contributed by atoms with van der Waals surface area (Å²) in [7, 11) is 1.59. The summed E-state index contributed by atoms with van der Waals surface area (Å²) >= 11 is 0. The third-order valence-electron chi connectivity index (χ3n) is 6.75. The Kier molecular flexibility index (Phi) is 6.11. The highest BCUT2D eigenvalue weighted by molar-refractivity contribution is 6.03. The topological polar surface area (TPSA) is 109 Å². The lowest BCUT2D eigenvalue weighted by molar-refractivity contribution is 0.102. The van der Waals surface area contributed by atoms with Gasteiger partial charge >= 0.3 is 0 Å². The van der Waals surface area contributed by atoms with Gasteiger partial charge < -0.3 is 19.6 Å². The smallest absolute Gasteiger partial charge is 0.256 e. The number of para-hydroxylation sites is 1. The van der Waals surface area contributed by atoms with Crippen LogP contribution in [0.5, 0.6) is 5.75 Å². The average molecular weight is 495 g/mol. The molecule has 5 aromatic rings. The number of ether oxygens (including phenoxy) is 1. The third kappa shape index (κ3) is 4.68. The number of rotatable bonds is 7. The van der Waals surface area contributed by atoms with Crippen LogP contribution >= 0.6 is 0 Å². The molecule has 1 saturated heterocycles. The van der Waals surface area contributed by atoms with Gasteiger partial charge in [0.2, 0.25) is 11.7 Å². The number of methoxy groups -OCH3 is 1. The van der Waals surface area contributed by atoms with Crippen LogP contribution in [0.3, 0.4) is 0 Å². The second-order valence-electron chi connectivity index (χ2n) is 9.06. The molecule has 4 heterocycles. The highest BCUT2D eigenvalue weighted by Crippen LogP contribution is 2.34. The first-order valence-electron chi connectivity index (χ1n) is 12.2. The number of aromatic amines is 1. The number of aromatic nitrogens is 4. The molecule has 0 spiro atoms. The number of H-pyrrole nitrogens is 1. The predicted molar refractivity (Wildman–Crippen MR) is 139 cm³/mol. The Morgan fingerprint density at radius 3 is 2.84 bits per heavy atom. The van der Waals surface area contributed by atoms with Crippen LogP contribution in [0.15, 0.2) is 77.6 Å². The molecule has 2 N–H and O–H groups in total. The molecule has 1 fully saturated rings. The molecule has 1 aliphatic heterocycles. The lowest BCUT2D eigenvalue weighted by Crippen LogP contribution is -2.22. The van der Waals surface area contributed by atoms with E-state index in [1.54, 1.807) is 43.6 Å². The van der Waals surface area contributed by atoms with Crippen molar-refractivity contribution in [2.45, 2.75) is 25.4 Å². The number of nitrogens with zero attached hydrogens (tertiary/aromatic N) is 4. The molecular formula is C28H26N6O3. The van der Waals surface area contributed by atoms with E-state index in [2.05, 4.69) is 49.7 Å². The molecule has 0 radical (unpaired) electrons. The molecule has 0 aliphatic carbocycles. The van der Waals surface area contributed by atoms with Gasteiger partial charge in [-0.2, -0.15) is 4.98 Å². The van der Waals surface area contributed by atoms with E-state index in [4.69, 9.17) is 14.2 Å². The number of anilines is 1. The number of hydrogen-bond donors (Lipinski definition) is 2. The molecular weight excluding hydrogens is 468 g/mol. The standard InChI is InChI=1S/C28H26N6O3/c1-36-21-11-8-18(9-12-21)27(35)31-25-13-10-19(15-30-25)26-32-28(37-33-26)24-7-4-14-34(24)17-20-16-29-23-6-3-2-5-22(20)23/h2-3,5-6,8-13,15-16,24,29H,4,7,14,17H2,1H3,(H,30,31,35)/t24-/m0/s1. The van der Waals surface area contributed by atoms with Crippen molar-refractivity contribution < 1.29 is 14.1 Å². The van der Waals surface area contributed by atoms with Gasteiger partial charge in [-0.25, -0.2) is 4.98 Å². The zero-order chi connectivity index (χ0) is 25.2. The van der Waals surface area contributed by atoms with Crippen molar-refractivity contribution in [2.24, 2.45) is 0 Å². The van der Waals surface area contributed by atoms with Crippen molar-refractivity contribution in [1.29, 1.82) is 0 Å². The number of nitrogens with one attached hydrogen (secondary N) is 2. The van der Waals surface area contributed by atoms with Crippen molar-refractivity contribution in [2.75, 3.05) is 19.0 Å². The quantitative estimate of drug-likeness (QED) is 0.320. The number of likely N-dealkylation sites (tertiary alicyclic amines) is 1. The van der Waals surface area contributed by atoms with Gasteiger partial charge in [-0.05, 0) is 67.4 Å². The zero-order valence-electron chi connectivity index (χ0n) is 20.3. The van der Waals surface area contributed by atoms with E-state index in [0.29, 0.717) is 28.8 Å². The minimum absolute atomic E-state index is 0.0749. The average Bonchev–Trinajstić information content (AvgIpc) is 3.70. The second-order valence-corrected chi connectivity index (χ2v) is 9.06. The minimum Gasteiger partial charge on any atom is -0.497 e. The highest BCUT2D eigenvalue weighted by Gasteiger charge is 2.31. The van der Waals surface area contributed by atoms with Gasteiger partial charge in [0, 0.05) is 41.0 Å². The number of hydrogen-bond acceptors (Lipinski definition) is 7. The summed E-state index contributed by atoms with van der Waals surface area (Å²) in [5.74, 6) is 1.98. The molecule has 37 heavy (non-hydrogen) atoms. The van der Waals surface area contributed by atoms with Gasteiger partial charge in [0.1, 0.15) is 11.6 Å². The van der Waals surface area contributed by atoms with E-state index in [9.17, 15) is 4.79 Å². The molecule has 3 aromatic heterocycles. The maximum absolute atomic E-state index is 12.5. The summed E-state index contributed by atoms with van der Waals surface area (Å²) in [5.41, 5.74) is 3.64. The van der Waals surface area contributed by atoms with Crippen LogP contribution in [-0.2, 0) is 6.54 Å². The van der Waals surface area contributed by atoms with Gasteiger partial charge in [0.25, 0.3) is 5.91 Å². The molecule has 1 atom stereocenters. The maximum atomic E-state index is 12.5. The Bertz CT molecular complexity index is 1520. The molecule has 1 amide bonds. The lowest BCUT2D eigenvalue weighted by atomic mass is 10.1. The Hall–Kier alpha value is -4.50. The number of pyridine rings is 1. The van der Waals surface area contributed by atoms with Crippen molar-refractivity contribution in [3.05, 3.63) is 90.1 Å². The zero-order valence-corrected chi connectivity index (χ0v) is 20.3. The molecule has 9 nitrogen and oxygen atoms in total. The molecule has 6 rings (SSSR count). The van der Waals surface area contributed by atoms with E-state index in [-0.39, 0.29) is 11.9 Å². The Morgan fingerprint density at radius 2 is 2.03 bits per heavy atom. The summed E-state index contributed by atoms with van der Waals surface area (Å²) in [5, 5.41) is 8.25. The van der Waals surface area contributed by atoms with Crippen LogP contribution in [0.2, 0.25) is 0 Å². The first kappa shape index (κ1) is 22.9. The van der Waals surface area contributed by atoms with Crippen molar-refractivity contribution in [1.82, 2.24) is 25.0 Å². The van der Waals surface area contributed by atoms with E-state index in [0.717, 1.165) is 37.0 Å². The normalized spacial score (nSPS) is 15.8. The molecule has 1 aliphatic rings. The Balaban J connectivity index is 1.13. The van der Waals surface area contributed by atoms with Crippen molar-refractivity contribution in [3.8, 4) is 17.1 Å².